The average Bonchev–Trinajstić information content (AvgIpc) is 2.95. The minimum Gasteiger partial charge on any atom is -0.465 e. The molecule has 3 aliphatic rings. The second-order valence-corrected chi connectivity index (χ2v) is 9.86. The molecule has 1 fully saturated rings. The van der Waals surface area contributed by atoms with E-state index in [9.17, 15) is 19.2 Å². The minimum atomic E-state index is -1.01. The summed E-state index contributed by atoms with van der Waals surface area (Å²) in [5.74, 6) is -7.91. The zero-order valence-corrected chi connectivity index (χ0v) is 22.9. The van der Waals surface area contributed by atoms with E-state index in [-0.39, 0.29) is 26.4 Å². The summed E-state index contributed by atoms with van der Waals surface area (Å²) in [7, 11) is 0. The molecule has 0 heterocycles. The zero-order valence-electron chi connectivity index (χ0n) is 22.9. The average molecular weight is 529 g/mol. The van der Waals surface area contributed by atoms with Gasteiger partial charge in [-0.1, -0.05) is 64.1 Å². The number of carbonyl (C=O) groups excluding carboxylic acids is 4. The molecular weight excluding hydrogens is 488 g/mol. The normalized spacial score (nSPS) is 25.7. The molecule has 8 heteroatoms. The van der Waals surface area contributed by atoms with Crippen LogP contribution in [0.3, 0.4) is 0 Å². The third kappa shape index (κ3) is 6.27. The second-order valence-electron chi connectivity index (χ2n) is 9.86. The predicted molar refractivity (Wildman–Crippen MR) is 140 cm³/mol. The van der Waals surface area contributed by atoms with Crippen molar-refractivity contribution in [2.24, 2.45) is 35.5 Å². The molecular formula is C30H40O8. The molecule has 3 aliphatic carbocycles. The molecule has 0 N–H and O–H groups in total. The molecule has 0 amide bonds. The fraction of sp³-hybridized carbons (Fsp3) is 0.600. The Balaban J connectivity index is 2.21. The second kappa shape index (κ2) is 14.1. The van der Waals surface area contributed by atoms with Gasteiger partial charge in [-0.25, -0.2) is 0 Å². The summed E-state index contributed by atoms with van der Waals surface area (Å²) in [5.41, 5.74) is 1.54. The topological polar surface area (TPSA) is 105 Å². The molecule has 4 atom stereocenters. The molecule has 38 heavy (non-hydrogen) atoms. The van der Waals surface area contributed by atoms with E-state index < -0.39 is 59.4 Å². The number of ether oxygens (including phenoxy) is 4. The zero-order chi connectivity index (χ0) is 27.7. The Morgan fingerprint density at radius 2 is 0.947 bits per heavy atom. The molecule has 2 bridgehead atoms. The number of rotatable bonds is 13. The minimum absolute atomic E-state index is 0.181. The number of fused-ring (bicyclic) bond motifs is 2. The van der Waals surface area contributed by atoms with Crippen LogP contribution in [0.2, 0.25) is 0 Å². The van der Waals surface area contributed by atoms with Crippen molar-refractivity contribution in [2.75, 3.05) is 26.4 Å². The van der Waals surface area contributed by atoms with Crippen molar-refractivity contribution in [2.45, 2.75) is 53.4 Å². The Labute approximate surface area is 225 Å². The van der Waals surface area contributed by atoms with Gasteiger partial charge in [0.1, 0.15) is 0 Å². The maximum absolute atomic E-state index is 13.6. The largest absolute Gasteiger partial charge is 0.465 e. The first-order valence-corrected chi connectivity index (χ1v) is 13.8. The van der Waals surface area contributed by atoms with E-state index in [1.807, 2.05) is 64.1 Å². The number of esters is 4. The van der Waals surface area contributed by atoms with Gasteiger partial charge < -0.3 is 18.9 Å². The van der Waals surface area contributed by atoms with Crippen molar-refractivity contribution in [3.05, 3.63) is 42.0 Å². The highest BCUT2D eigenvalue weighted by Crippen LogP contribution is 2.58. The van der Waals surface area contributed by atoms with E-state index in [0.29, 0.717) is 25.7 Å². The van der Waals surface area contributed by atoms with Crippen molar-refractivity contribution < 1.29 is 38.1 Å². The lowest BCUT2D eigenvalue weighted by atomic mass is 9.50. The van der Waals surface area contributed by atoms with Gasteiger partial charge in [0.05, 0.1) is 50.1 Å². The Morgan fingerprint density at radius 3 is 1.32 bits per heavy atom. The van der Waals surface area contributed by atoms with Gasteiger partial charge in [-0.15, -0.1) is 0 Å². The van der Waals surface area contributed by atoms with Crippen LogP contribution in [0.1, 0.15) is 58.9 Å². The van der Waals surface area contributed by atoms with Crippen molar-refractivity contribution in [1.82, 2.24) is 0 Å². The van der Waals surface area contributed by atoms with Gasteiger partial charge in [0.2, 0.25) is 0 Å². The SMILES string of the molecule is CCCOC(=O)C1C2C=C(c3ccccc3)C(C1C(=O)OCCC)C(C(=O)OCCC)C2C(=O)OCCC. The van der Waals surface area contributed by atoms with Gasteiger partial charge in [0.25, 0.3) is 0 Å². The molecule has 0 saturated heterocycles. The van der Waals surface area contributed by atoms with Crippen LogP contribution < -0.4 is 0 Å². The van der Waals surface area contributed by atoms with Gasteiger partial charge in [0, 0.05) is 11.8 Å². The van der Waals surface area contributed by atoms with Crippen LogP contribution in [0.25, 0.3) is 5.57 Å². The summed E-state index contributed by atoms with van der Waals surface area (Å²) in [6.07, 6.45) is 4.29. The van der Waals surface area contributed by atoms with Crippen molar-refractivity contribution in [3.63, 3.8) is 0 Å². The van der Waals surface area contributed by atoms with Crippen molar-refractivity contribution in [1.29, 1.82) is 0 Å². The first kappa shape index (κ1) is 29.4. The Morgan fingerprint density at radius 1 is 0.579 bits per heavy atom. The van der Waals surface area contributed by atoms with Crippen LogP contribution in [0.5, 0.6) is 0 Å². The lowest BCUT2D eigenvalue weighted by Crippen LogP contribution is -2.59. The molecule has 1 saturated carbocycles. The summed E-state index contributed by atoms with van der Waals surface area (Å²) in [6, 6.07) is 9.40. The summed E-state index contributed by atoms with van der Waals surface area (Å²) >= 11 is 0. The maximum Gasteiger partial charge on any atom is 0.310 e. The Kier molecular flexibility index (Phi) is 10.9. The lowest BCUT2D eigenvalue weighted by molar-refractivity contribution is -0.185. The van der Waals surface area contributed by atoms with Gasteiger partial charge in [-0.3, -0.25) is 19.2 Å². The van der Waals surface area contributed by atoms with Gasteiger partial charge >= 0.3 is 23.9 Å². The van der Waals surface area contributed by atoms with Crippen molar-refractivity contribution in [3.8, 4) is 0 Å². The third-order valence-electron chi connectivity index (χ3n) is 7.10. The number of allylic oxidation sites excluding steroid dienone is 2. The molecule has 1 aromatic rings. The van der Waals surface area contributed by atoms with Crippen LogP contribution in [-0.4, -0.2) is 50.3 Å². The summed E-state index contributed by atoms with van der Waals surface area (Å²) in [5, 5.41) is 0. The van der Waals surface area contributed by atoms with E-state index in [4.69, 9.17) is 18.9 Å². The van der Waals surface area contributed by atoms with Crippen molar-refractivity contribution >= 4 is 29.5 Å². The predicted octanol–water partition coefficient (Wildman–Crippen LogP) is 4.61. The van der Waals surface area contributed by atoms with Gasteiger partial charge in [-0.2, -0.15) is 0 Å². The van der Waals surface area contributed by atoms with E-state index in [1.54, 1.807) is 0 Å². The first-order valence-electron chi connectivity index (χ1n) is 13.8. The molecule has 208 valence electrons. The molecule has 4 rings (SSSR count). The molecule has 0 aromatic heterocycles. The summed E-state index contributed by atoms with van der Waals surface area (Å²) in [6.45, 7) is 8.26. The fourth-order valence-corrected chi connectivity index (χ4v) is 5.59. The first-order chi connectivity index (χ1) is 18.4. The highest BCUT2D eigenvalue weighted by molar-refractivity contribution is 5.94. The number of hydrogen-bond acceptors (Lipinski definition) is 8. The monoisotopic (exact) mass is 528 g/mol. The molecule has 4 unspecified atom stereocenters. The molecule has 1 aromatic carbocycles. The maximum atomic E-state index is 13.6. The van der Waals surface area contributed by atoms with Crippen LogP contribution in [0.4, 0.5) is 0 Å². The van der Waals surface area contributed by atoms with Crippen LogP contribution in [-0.2, 0) is 38.1 Å². The van der Waals surface area contributed by atoms with Crippen LogP contribution >= 0.6 is 0 Å². The Hall–Kier alpha value is -3.16. The molecule has 0 aliphatic heterocycles. The summed E-state index contributed by atoms with van der Waals surface area (Å²) < 4.78 is 22.2. The molecule has 8 nitrogen and oxygen atoms in total. The quantitative estimate of drug-likeness (QED) is 0.270. The summed E-state index contributed by atoms with van der Waals surface area (Å²) in [4.78, 5) is 54.2. The number of hydrogen-bond donors (Lipinski definition) is 0. The Bertz CT molecular complexity index is 949. The van der Waals surface area contributed by atoms with E-state index in [0.717, 1.165) is 11.1 Å². The van der Waals surface area contributed by atoms with E-state index in [2.05, 4.69) is 0 Å². The standard InChI is InChI=1S/C30H40O8/c1-5-14-35-27(31)23-21-18-20(19-12-10-9-11-13-19)22(25(23)29(33)37-16-7-3)26(30(34)38-17-8-4)24(21)28(32)36-15-6-2/h9-13,18,21-26H,5-8,14-17H2,1-4H3. The number of benzene rings is 1. The lowest BCUT2D eigenvalue weighted by Gasteiger charge is -2.51. The smallest absolute Gasteiger partial charge is 0.310 e. The third-order valence-corrected chi connectivity index (χ3v) is 7.10. The van der Waals surface area contributed by atoms with E-state index in [1.165, 1.54) is 0 Å². The molecule has 0 radical (unpaired) electrons. The fourth-order valence-electron chi connectivity index (χ4n) is 5.59. The van der Waals surface area contributed by atoms with E-state index >= 15 is 0 Å². The van der Waals surface area contributed by atoms with Crippen LogP contribution in [0, 0.1) is 35.5 Å². The highest BCUT2D eigenvalue weighted by atomic mass is 16.5. The van der Waals surface area contributed by atoms with Gasteiger partial charge in [0.15, 0.2) is 0 Å². The van der Waals surface area contributed by atoms with Crippen LogP contribution in [0.15, 0.2) is 36.4 Å². The number of carbonyl (C=O) groups is 4. The van der Waals surface area contributed by atoms with Gasteiger partial charge in [-0.05, 0) is 36.8 Å². The highest BCUT2D eigenvalue weighted by Gasteiger charge is 2.64. The molecule has 0 spiro atoms.